The Morgan fingerprint density at radius 3 is 2.57 bits per heavy atom. The normalized spacial score (nSPS) is 10.0. The summed E-state index contributed by atoms with van der Waals surface area (Å²) in [6.07, 6.45) is 0.739. The van der Waals surface area contributed by atoms with E-state index in [9.17, 15) is 9.59 Å². The topological polar surface area (TPSA) is 67.4 Å². The summed E-state index contributed by atoms with van der Waals surface area (Å²) in [6, 6.07) is 14.2. The smallest absolute Gasteiger partial charge is 0.337 e. The Morgan fingerprint density at radius 2 is 1.87 bits per heavy atom. The van der Waals surface area contributed by atoms with E-state index in [2.05, 4.69) is 31.3 Å². The Balaban J connectivity index is 1.82. The Kier molecular flexibility index (Phi) is 6.17. The summed E-state index contributed by atoms with van der Waals surface area (Å²) >= 11 is 3.38. The summed E-state index contributed by atoms with van der Waals surface area (Å²) in [6.45, 7) is 0.518. The van der Waals surface area contributed by atoms with E-state index in [0.717, 1.165) is 16.5 Å². The maximum atomic E-state index is 11.9. The van der Waals surface area contributed by atoms with Gasteiger partial charge in [-0.15, -0.1) is 0 Å². The first kappa shape index (κ1) is 17.0. The first-order chi connectivity index (χ1) is 11.1. The molecule has 6 heteroatoms. The van der Waals surface area contributed by atoms with Gasteiger partial charge in [-0.2, -0.15) is 0 Å². The average Bonchev–Trinajstić information content (AvgIpc) is 2.56. The van der Waals surface area contributed by atoms with Crippen molar-refractivity contribution in [2.24, 2.45) is 0 Å². The van der Waals surface area contributed by atoms with Crippen molar-refractivity contribution >= 4 is 33.6 Å². The van der Waals surface area contributed by atoms with Crippen LogP contribution in [0.2, 0.25) is 0 Å². The molecule has 0 aliphatic rings. The fourth-order valence-corrected chi connectivity index (χ4v) is 2.25. The van der Waals surface area contributed by atoms with Crippen molar-refractivity contribution in [2.75, 3.05) is 19.0 Å². The fourth-order valence-electron chi connectivity index (χ4n) is 1.99. The molecule has 0 aliphatic heterocycles. The highest BCUT2D eigenvalue weighted by Gasteiger charge is 2.07. The lowest BCUT2D eigenvalue weighted by Gasteiger charge is -2.09. The molecule has 2 rings (SSSR count). The third-order valence-corrected chi connectivity index (χ3v) is 3.68. The van der Waals surface area contributed by atoms with E-state index in [-0.39, 0.29) is 6.03 Å². The average molecular weight is 377 g/mol. The van der Waals surface area contributed by atoms with Gasteiger partial charge in [0.25, 0.3) is 0 Å². The van der Waals surface area contributed by atoms with Gasteiger partial charge in [0.15, 0.2) is 0 Å². The van der Waals surface area contributed by atoms with E-state index >= 15 is 0 Å². The number of urea groups is 1. The monoisotopic (exact) mass is 376 g/mol. The number of carbonyl (C=O) groups is 2. The van der Waals surface area contributed by atoms with Gasteiger partial charge in [0, 0.05) is 16.7 Å². The molecule has 0 saturated carbocycles. The number of benzene rings is 2. The zero-order valence-electron chi connectivity index (χ0n) is 12.6. The van der Waals surface area contributed by atoms with Crippen molar-refractivity contribution < 1.29 is 14.3 Å². The molecule has 2 aromatic carbocycles. The van der Waals surface area contributed by atoms with Gasteiger partial charge in [-0.05, 0) is 42.3 Å². The van der Waals surface area contributed by atoms with Crippen LogP contribution in [0.1, 0.15) is 15.9 Å². The Labute approximate surface area is 143 Å². The largest absolute Gasteiger partial charge is 0.465 e. The molecule has 0 atom stereocenters. The number of esters is 1. The van der Waals surface area contributed by atoms with Crippen molar-refractivity contribution in [2.45, 2.75) is 6.42 Å². The molecule has 2 amide bonds. The van der Waals surface area contributed by atoms with Crippen LogP contribution in [-0.4, -0.2) is 25.7 Å². The van der Waals surface area contributed by atoms with Crippen LogP contribution in [0, 0.1) is 0 Å². The van der Waals surface area contributed by atoms with Crippen LogP contribution < -0.4 is 10.6 Å². The molecule has 0 spiro atoms. The number of nitrogens with one attached hydrogen (secondary N) is 2. The highest BCUT2D eigenvalue weighted by molar-refractivity contribution is 9.10. The molecule has 2 aromatic rings. The summed E-state index contributed by atoms with van der Waals surface area (Å²) in [5.41, 5.74) is 2.07. The molecule has 2 N–H and O–H groups in total. The van der Waals surface area contributed by atoms with E-state index in [4.69, 9.17) is 0 Å². The van der Waals surface area contributed by atoms with Crippen molar-refractivity contribution in [3.8, 4) is 0 Å². The summed E-state index contributed by atoms with van der Waals surface area (Å²) in [4.78, 5) is 23.3. The van der Waals surface area contributed by atoms with Crippen LogP contribution >= 0.6 is 15.9 Å². The molecule has 0 aromatic heterocycles. The summed E-state index contributed by atoms with van der Waals surface area (Å²) in [7, 11) is 1.32. The van der Waals surface area contributed by atoms with Gasteiger partial charge < -0.3 is 15.4 Å². The molecule has 0 radical (unpaired) electrons. The highest BCUT2D eigenvalue weighted by atomic mass is 79.9. The number of hydrogen-bond acceptors (Lipinski definition) is 3. The SMILES string of the molecule is COC(=O)c1cccc(NC(=O)NCCc2ccc(Br)cc2)c1. The molecule has 0 saturated heterocycles. The molecule has 0 aliphatic carbocycles. The maximum absolute atomic E-state index is 11.9. The standard InChI is InChI=1S/C17H17BrN2O3/c1-23-16(21)13-3-2-4-15(11-13)20-17(22)19-10-9-12-5-7-14(18)8-6-12/h2-8,11H,9-10H2,1H3,(H2,19,20,22). The maximum Gasteiger partial charge on any atom is 0.337 e. The van der Waals surface area contributed by atoms with Crippen LogP contribution in [-0.2, 0) is 11.2 Å². The molecule has 120 valence electrons. The molecule has 0 bridgehead atoms. The number of ether oxygens (including phenoxy) is 1. The van der Waals surface area contributed by atoms with Crippen molar-refractivity contribution in [3.05, 3.63) is 64.1 Å². The van der Waals surface area contributed by atoms with Crippen LogP contribution in [0.15, 0.2) is 53.0 Å². The lowest BCUT2D eigenvalue weighted by Crippen LogP contribution is -2.30. The number of halogens is 1. The number of rotatable bonds is 5. The number of methoxy groups -OCH3 is 1. The molecular weight excluding hydrogens is 360 g/mol. The van der Waals surface area contributed by atoms with Crippen molar-refractivity contribution in [3.63, 3.8) is 0 Å². The molecule has 0 heterocycles. The van der Waals surface area contributed by atoms with E-state index in [1.54, 1.807) is 24.3 Å². The second-order valence-electron chi connectivity index (χ2n) is 4.83. The fraction of sp³-hybridized carbons (Fsp3) is 0.176. The van der Waals surface area contributed by atoms with E-state index in [1.165, 1.54) is 7.11 Å². The van der Waals surface area contributed by atoms with Crippen LogP contribution in [0.3, 0.4) is 0 Å². The van der Waals surface area contributed by atoms with Gasteiger partial charge in [0.2, 0.25) is 0 Å². The Bertz CT molecular complexity index is 686. The third kappa shape index (κ3) is 5.41. The molecule has 0 fully saturated rings. The van der Waals surface area contributed by atoms with E-state index in [1.807, 2.05) is 24.3 Å². The summed E-state index contributed by atoms with van der Waals surface area (Å²) in [5, 5.41) is 5.47. The first-order valence-corrected chi connectivity index (χ1v) is 7.85. The minimum absolute atomic E-state index is 0.316. The highest BCUT2D eigenvalue weighted by Crippen LogP contribution is 2.12. The van der Waals surface area contributed by atoms with Crippen molar-refractivity contribution in [1.29, 1.82) is 0 Å². The third-order valence-electron chi connectivity index (χ3n) is 3.15. The summed E-state index contributed by atoms with van der Waals surface area (Å²) in [5.74, 6) is -0.440. The van der Waals surface area contributed by atoms with Crippen LogP contribution in [0.5, 0.6) is 0 Å². The molecular formula is C17H17BrN2O3. The minimum Gasteiger partial charge on any atom is -0.465 e. The number of anilines is 1. The van der Waals surface area contributed by atoms with Gasteiger partial charge >= 0.3 is 12.0 Å². The first-order valence-electron chi connectivity index (χ1n) is 7.06. The molecule has 0 unspecified atom stereocenters. The summed E-state index contributed by atoms with van der Waals surface area (Å²) < 4.78 is 5.67. The second kappa shape index (κ2) is 8.33. The zero-order chi connectivity index (χ0) is 16.7. The van der Waals surface area contributed by atoms with Gasteiger partial charge in [-0.25, -0.2) is 9.59 Å². The molecule has 23 heavy (non-hydrogen) atoms. The van der Waals surface area contributed by atoms with Crippen LogP contribution in [0.25, 0.3) is 0 Å². The minimum atomic E-state index is -0.440. The number of hydrogen-bond donors (Lipinski definition) is 2. The Morgan fingerprint density at radius 1 is 1.13 bits per heavy atom. The van der Waals surface area contributed by atoms with Gasteiger partial charge in [-0.1, -0.05) is 34.1 Å². The van der Waals surface area contributed by atoms with Gasteiger partial charge in [0.05, 0.1) is 12.7 Å². The predicted octanol–water partition coefficient (Wildman–Crippen LogP) is 3.60. The zero-order valence-corrected chi connectivity index (χ0v) is 14.2. The quantitative estimate of drug-likeness (QED) is 0.783. The lowest BCUT2D eigenvalue weighted by atomic mass is 10.1. The second-order valence-corrected chi connectivity index (χ2v) is 5.75. The number of amides is 2. The van der Waals surface area contributed by atoms with Crippen molar-refractivity contribution in [1.82, 2.24) is 5.32 Å². The predicted molar refractivity (Wildman–Crippen MR) is 92.6 cm³/mol. The van der Waals surface area contributed by atoms with E-state index < -0.39 is 5.97 Å². The van der Waals surface area contributed by atoms with Crippen LogP contribution in [0.4, 0.5) is 10.5 Å². The molecule has 5 nitrogen and oxygen atoms in total. The van der Waals surface area contributed by atoms with Gasteiger partial charge in [0.1, 0.15) is 0 Å². The number of carbonyl (C=O) groups excluding carboxylic acids is 2. The lowest BCUT2D eigenvalue weighted by molar-refractivity contribution is 0.0600. The van der Waals surface area contributed by atoms with Gasteiger partial charge in [-0.3, -0.25) is 0 Å². The van der Waals surface area contributed by atoms with E-state index in [0.29, 0.717) is 17.8 Å². The Hall–Kier alpha value is -2.34.